The number of hydrogen-bond acceptors (Lipinski definition) is 5. The summed E-state index contributed by atoms with van der Waals surface area (Å²) in [5, 5.41) is 28.2. The van der Waals surface area contributed by atoms with Crippen LogP contribution in [0.1, 0.15) is 34.0 Å². The first-order valence-corrected chi connectivity index (χ1v) is 5.67. The van der Waals surface area contributed by atoms with E-state index in [4.69, 9.17) is 5.11 Å². The fourth-order valence-electron chi connectivity index (χ4n) is 1.75. The molecule has 0 saturated carbocycles. The Balaban J connectivity index is 2.94. The highest BCUT2D eigenvalue weighted by Gasteiger charge is 2.20. The van der Waals surface area contributed by atoms with Gasteiger partial charge in [0.1, 0.15) is 6.10 Å². The standard InChI is InChI=1S/C13H18O5/c1-8-7-9(13(17)18-2)3-4-10(8)12(16)11(15)5-6-14/h3-4,7,11-12,14-16H,5-6H2,1-2H3. The molecule has 5 heteroatoms. The number of aryl methyl sites for hydroxylation is 1. The average molecular weight is 254 g/mol. The molecular formula is C13H18O5. The minimum atomic E-state index is -1.08. The van der Waals surface area contributed by atoms with E-state index in [1.165, 1.54) is 13.2 Å². The summed E-state index contributed by atoms with van der Waals surface area (Å²) >= 11 is 0. The third-order valence-electron chi connectivity index (χ3n) is 2.80. The van der Waals surface area contributed by atoms with Crippen molar-refractivity contribution in [2.75, 3.05) is 13.7 Å². The van der Waals surface area contributed by atoms with Crippen molar-refractivity contribution < 1.29 is 24.9 Å². The molecule has 0 aliphatic carbocycles. The minimum Gasteiger partial charge on any atom is -0.465 e. The molecule has 1 aromatic carbocycles. The van der Waals surface area contributed by atoms with Gasteiger partial charge in [0.2, 0.25) is 0 Å². The Bertz CT molecular complexity index is 416. The lowest BCUT2D eigenvalue weighted by Gasteiger charge is -2.19. The molecule has 0 saturated heterocycles. The van der Waals surface area contributed by atoms with Gasteiger partial charge in [0, 0.05) is 6.61 Å². The maximum absolute atomic E-state index is 11.3. The number of esters is 1. The predicted octanol–water partition coefficient (Wildman–Crippen LogP) is 0.558. The number of benzene rings is 1. The van der Waals surface area contributed by atoms with Crippen molar-refractivity contribution in [3.63, 3.8) is 0 Å². The molecule has 100 valence electrons. The molecular weight excluding hydrogens is 236 g/mol. The van der Waals surface area contributed by atoms with E-state index in [1.807, 2.05) is 0 Å². The Morgan fingerprint density at radius 1 is 1.39 bits per heavy atom. The molecule has 0 aliphatic rings. The van der Waals surface area contributed by atoms with Crippen LogP contribution in [0, 0.1) is 6.92 Å². The van der Waals surface area contributed by atoms with Crippen LogP contribution >= 0.6 is 0 Å². The maximum atomic E-state index is 11.3. The normalized spacial score (nSPS) is 14.1. The van der Waals surface area contributed by atoms with Gasteiger partial charge in [0.25, 0.3) is 0 Å². The van der Waals surface area contributed by atoms with Crippen molar-refractivity contribution in [1.29, 1.82) is 0 Å². The van der Waals surface area contributed by atoms with Gasteiger partial charge in [-0.05, 0) is 36.6 Å². The van der Waals surface area contributed by atoms with Crippen LogP contribution in [0.4, 0.5) is 0 Å². The molecule has 3 N–H and O–H groups in total. The van der Waals surface area contributed by atoms with E-state index in [2.05, 4.69) is 4.74 Å². The highest BCUT2D eigenvalue weighted by Crippen LogP contribution is 2.23. The number of methoxy groups -OCH3 is 1. The van der Waals surface area contributed by atoms with Crippen LogP contribution in [0.15, 0.2) is 18.2 Å². The van der Waals surface area contributed by atoms with E-state index in [0.29, 0.717) is 16.7 Å². The van der Waals surface area contributed by atoms with Crippen molar-refractivity contribution in [2.24, 2.45) is 0 Å². The lowest BCUT2D eigenvalue weighted by molar-refractivity contribution is 0.00387. The molecule has 0 amide bonds. The molecule has 1 aromatic rings. The van der Waals surface area contributed by atoms with Crippen LogP contribution in [-0.4, -0.2) is 41.1 Å². The van der Waals surface area contributed by atoms with E-state index in [1.54, 1.807) is 19.1 Å². The quantitative estimate of drug-likeness (QED) is 0.668. The van der Waals surface area contributed by atoms with Gasteiger partial charge in [0.15, 0.2) is 0 Å². The Morgan fingerprint density at radius 2 is 2.06 bits per heavy atom. The average Bonchev–Trinajstić information content (AvgIpc) is 2.37. The van der Waals surface area contributed by atoms with Gasteiger partial charge in [0.05, 0.1) is 18.8 Å². The fraction of sp³-hybridized carbons (Fsp3) is 0.462. The highest BCUT2D eigenvalue weighted by molar-refractivity contribution is 5.89. The summed E-state index contributed by atoms with van der Waals surface area (Å²) in [5.41, 5.74) is 1.61. The second-order valence-electron chi connectivity index (χ2n) is 4.09. The van der Waals surface area contributed by atoms with Crippen LogP contribution < -0.4 is 0 Å². The summed E-state index contributed by atoms with van der Waals surface area (Å²) < 4.78 is 4.59. The third-order valence-corrected chi connectivity index (χ3v) is 2.80. The molecule has 0 bridgehead atoms. The van der Waals surface area contributed by atoms with Gasteiger partial charge >= 0.3 is 5.97 Å². The van der Waals surface area contributed by atoms with Gasteiger partial charge in [-0.3, -0.25) is 0 Å². The topological polar surface area (TPSA) is 87.0 Å². The van der Waals surface area contributed by atoms with Gasteiger partial charge in [-0.15, -0.1) is 0 Å². The van der Waals surface area contributed by atoms with Gasteiger partial charge in [-0.1, -0.05) is 6.07 Å². The van der Waals surface area contributed by atoms with Crippen LogP contribution in [0.5, 0.6) is 0 Å². The van der Waals surface area contributed by atoms with Gasteiger partial charge in [-0.2, -0.15) is 0 Å². The number of carbonyl (C=O) groups is 1. The second-order valence-corrected chi connectivity index (χ2v) is 4.09. The van der Waals surface area contributed by atoms with E-state index in [0.717, 1.165) is 0 Å². The number of aliphatic hydroxyl groups is 3. The first-order chi connectivity index (χ1) is 8.51. The minimum absolute atomic E-state index is 0.0966. The Hall–Kier alpha value is -1.43. The summed E-state index contributed by atoms with van der Waals surface area (Å²) in [5.74, 6) is -0.449. The number of carbonyl (C=O) groups excluding carboxylic acids is 1. The van der Waals surface area contributed by atoms with Crippen molar-refractivity contribution in [2.45, 2.75) is 25.6 Å². The van der Waals surface area contributed by atoms with E-state index in [9.17, 15) is 15.0 Å². The largest absolute Gasteiger partial charge is 0.465 e. The van der Waals surface area contributed by atoms with Crippen LogP contribution in [0.2, 0.25) is 0 Å². The summed E-state index contributed by atoms with van der Waals surface area (Å²) in [6.07, 6.45) is -2.01. The third kappa shape index (κ3) is 3.29. The summed E-state index contributed by atoms with van der Waals surface area (Å²) in [6, 6.07) is 4.70. The SMILES string of the molecule is COC(=O)c1ccc(C(O)C(O)CCO)c(C)c1. The maximum Gasteiger partial charge on any atom is 0.337 e. The molecule has 0 spiro atoms. The van der Waals surface area contributed by atoms with Crippen LogP contribution in [0.25, 0.3) is 0 Å². The molecule has 18 heavy (non-hydrogen) atoms. The first-order valence-electron chi connectivity index (χ1n) is 5.67. The predicted molar refractivity (Wildman–Crippen MR) is 65.2 cm³/mol. The molecule has 2 atom stereocenters. The molecule has 2 unspecified atom stereocenters. The smallest absolute Gasteiger partial charge is 0.337 e. The van der Waals surface area contributed by atoms with Crippen molar-refractivity contribution in [3.8, 4) is 0 Å². The van der Waals surface area contributed by atoms with Crippen molar-refractivity contribution in [1.82, 2.24) is 0 Å². The Labute approximate surface area is 106 Å². The zero-order valence-corrected chi connectivity index (χ0v) is 10.5. The lowest BCUT2D eigenvalue weighted by atomic mass is 9.96. The Kier molecular flexibility index (Phi) is 5.27. The molecule has 1 rings (SSSR count). The fourth-order valence-corrected chi connectivity index (χ4v) is 1.75. The number of aliphatic hydroxyl groups excluding tert-OH is 3. The molecule has 0 radical (unpaired) electrons. The van der Waals surface area contributed by atoms with E-state index in [-0.39, 0.29) is 13.0 Å². The summed E-state index contributed by atoms with van der Waals surface area (Å²) in [7, 11) is 1.30. The highest BCUT2D eigenvalue weighted by atomic mass is 16.5. The van der Waals surface area contributed by atoms with E-state index < -0.39 is 18.2 Å². The van der Waals surface area contributed by atoms with Crippen molar-refractivity contribution in [3.05, 3.63) is 34.9 Å². The summed E-state index contributed by atoms with van der Waals surface area (Å²) in [4.78, 5) is 11.3. The number of hydrogen-bond donors (Lipinski definition) is 3. The first kappa shape index (κ1) is 14.6. The van der Waals surface area contributed by atoms with E-state index >= 15 is 0 Å². The van der Waals surface area contributed by atoms with Gasteiger partial charge in [-0.25, -0.2) is 4.79 Å². The van der Waals surface area contributed by atoms with Crippen LogP contribution in [-0.2, 0) is 4.74 Å². The second kappa shape index (κ2) is 6.49. The summed E-state index contributed by atoms with van der Waals surface area (Å²) in [6.45, 7) is 1.54. The molecule has 0 heterocycles. The number of ether oxygens (including phenoxy) is 1. The zero-order chi connectivity index (χ0) is 13.7. The lowest BCUT2D eigenvalue weighted by Crippen LogP contribution is -2.20. The van der Waals surface area contributed by atoms with Crippen LogP contribution in [0.3, 0.4) is 0 Å². The van der Waals surface area contributed by atoms with Crippen molar-refractivity contribution >= 4 is 5.97 Å². The molecule has 0 fully saturated rings. The zero-order valence-electron chi connectivity index (χ0n) is 10.5. The monoisotopic (exact) mass is 254 g/mol. The van der Waals surface area contributed by atoms with Gasteiger partial charge < -0.3 is 20.1 Å². The molecule has 0 aliphatic heterocycles. The number of rotatable bonds is 5. The molecule has 0 aromatic heterocycles. The Morgan fingerprint density at radius 3 is 2.56 bits per heavy atom. The molecule has 5 nitrogen and oxygen atoms in total.